The topological polar surface area (TPSA) is 74.8 Å². The minimum Gasteiger partial charge on any atom is -0.341 e. The molecule has 1 heterocycles. The van der Waals surface area contributed by atoms with E-state index in [1.165, 1.54) is 0 Å². The summed E-state index contributed by atoms with van der Waals surface area (Å²) in [5.41, 5.74) is 2.10. The van der Waals surface area contributed by atoms with Crippen molar-refractivity contribution in [3.63, 3.8) is 0 Å². The van der Waals surface area contributed by atoms with Gasteiger partial charge in [0.05, 0.1) is 12.2 Å². The summed E-state index contributed by atoms with van der Waals surface area (Å²) in [7, 11) is 0. The van der Waals surface area contributed by atoms with E-state index in [1.807, 2.05) is 60.7 Å². The lowest BCUT2D eigenvalue weighted by molar-refractivity contribution is 0.0957. The number of nitrogens with zero attached hydrogens (tertiary/aromatic N) is 1. The molecule has 2 aromatic carbocycles. The SMILES string of the molecule is CC#CCNC(=O)c1c(-c2ccccc2)c(-c2ccccc2)n[nH]c1=O. The molecule has 2 N–H and O–H groups in total. The summed E-state index contributed by atoms with van der Waals surface area (Å²) < 4.78 is 0. The standard InChI is InChI=1S/C21H17N3O2/c1-2-3-14-22-20(25)18-17(15-10-6-4-7-11-15)19(23-24-21(18)26)16-12-8-5-9-13-16/h4-13H,14H2,1H3,(H,22,25)(H,24,26). The molecule has 128 valence electrons. The summed E-state index contributed by atoms with van der Waals surface area (Å²) in [5, 5.41) is 9.33. The van der Waals surface area contributed by atoms with Gasteiger partial charge in [-0.2, -0.15) is 5.10 Å². The normalized spacial score (nSPS) is 9.88. The molecule has 26 heavy (non-hydrogen) atoms. The van der Waals surface area contributed by atoms with Crippen molar-refractivity contribution in [2.75, 3.05) is 6.54 Å². The Morgan fingerprint density at radius 1 is 1.04 bits per heavy atom. The Morgan fingerprint density at radius 2 is 1.65 bits per heavy atom. The average molecular weight is 343 g/mol. The highest BCUT2D eigenvalue weighted by molar-refractivity contribution is 6.03. The predicted octanol–water partition coefficient (Wildman–Crippen LogP) is 2.86. The van der Waals surface area contributed by atoms with Gasteiger partial charge in [-0.25, -0.2) is 5.10 Å². The summed E-state index contributed by atoms with van der Waals surface area (Å²) >= 11 is 0. The molecule has 3 rings (SSSR count). The van der Waals surface area contributed by atoms with Crippen molar-refractivity contribution in [3.8, 4) is 34.2 Å². The van der Waals surface area contributed by atoms with Crippen LogP contribution in [0, 0.1) is 11.8 Å². The van der Waals surface area contributed by atoms with E-state index in [0.29, 0.717) is 11.3 Å². The molecule has 5 heteroatoms. The van der Waals surface area contributed by atoms with Crippen molar-refractivity contribution < 1.29 is 4.79 Å². The number of benzene rings is 2. The molecule has 0 aliphatic rings. The zero-order chi connectivity index (χ0) is 18.4. The van der Waals surface area contributed by atoms with Gasteiger partial charge in [0, 0.05) is 11.1 Å². The monoisotopic (exact) mass is 343 g/mol. The van der Waals surface area contributed by atoms with E-state index in [-0.39, 0.29) is 12.1 Å². The highest BCUT2D eigenvalue weighted by Gasteiger charge is 2.22. The van der Waals surface area contributed by atoms with Crippen LogP contribution < -0.4 is 10.9 Å². The van der Waals surface area contributed by atoms with E-state index < -0.39 is 11.5 Å². The number of hydrogen-bond acceptors (Lipinski definition) is 3. The van der Waals surface area contributed by atoms with Crippen LogP contribution >= 0.6 is 0 Å². The number of nitrogens with one attached hydrogen (secondary N) is 2. The van der Waals surface area contributed by atoms with Gasteiger partial charge in [0.15, 0.2) is 0 Å². The molecule has 5 nitrogen and oxygen atoms in total. The van der Waals surface area contributed by atoms with E-state index >= 15 is 0 Å². The van der Waals surface area contributed by atoms with Gasteiger partial charge in [0.25, 0.3) is 11.5 Å². The van der Waals surface area contributed by atoms with Gasteiger partial charge in [-0.15, -0.1) is 5.92 Å². The minimum absolute atomic E-state index is 0.0305. The van der Waals surface area contributed by atoms with E-state index in [2.05, 4.69) is 27.4 Å². The van der Waals surface area contributed by atoms with Gasteiger partial charge in [-0.3, -0.25) is 9.59 Å². The predicted molar refractivity (Wildman–Crippen MR) is 102 cm³/mol. The van der Waals surface area contributed by atoms with Crippen molar-refractivity contribution in [2.24, 2.45) is 0 Å². The number of aromatic amines is 1. The van der Waals surface area contributed by atoms with Gasteiger partial charge < -0.3 is 5.32 Å². The number of hydrogen-bond donors (Lipinski definition) is 2. The van der Waals surface area contributed by atoms with Crippen molar-refractivity contribution in [1.29, 1.82) is 0 Å². The quantitative estimate of drug-likeness (QED) is 0.715. The molecule has 0 aliphatic heterocycles. The summed E-state index contributed by atoms with van der Waals surface area (Å²) in [6, 6.07) is 18.7. The molecule has 0 saturated carbocycles. The number of aromatic nitrogens is 2. The average Bonchev–Trinajstić information content (AvgIpc) is 2.69. The minimum atomic E-state index is -0.537. The third-order valence-corrected chi connectivity index (χ3v) is 3.83. The molecular formula is C21H17N3O2. The fourth-order valence-electron chi connectivity index (χ4n) is 2.66. The largest absolute Gasteiger partial charge is 0.341 e. The lowest BCUT2D eigenvalue weighted by Crippen LogP contribution is -2.31. The van der Waals surface area contributed by atoms with Crippen molar-refractivity contribution >= 4 is 5.91 Å². The molecule has 0 aliphatic carbocycles. The van der Waals surface area contributed by atoms with Crippen LogP contribution in [0.15, 0.2) is 65.5 Å². The first-order valence-electron chi connectivity index (χ1n) is 8.13. The maximum Gasteiger partial charge on any atom is 0.277 e. The molecule has 0 radical (unpaired) electrons. The third kappa shape index (κ3) is 3.55. The van der Waals surface area contributed by atoms with Crippen LogP contribution in [-0.2, 0) is 0 Å². The molecular weight excluding hydrogens is 326 g/mol. The number of carbonyl (C=O) groups excluding carboxylic acids is 1. The van der Waals surface area contributed by atoms with Crippen LogP contribution in [-0.4, -0.2) is 22.6 Å². The molecule has 0 fully saturated rings. The Labute approximate surface area is 151 Å². The van der Waals surface area contributed by atoms with E-state index in [0.717, 1.165) is 11.1 Å². The van der Waals surface area contributed by atoms with Gasteiger partial charge in [0.1, 0.15) is 5.56 Å². The van der Waals surface area contributed by atoms with E-state index in [1.54, 1.807) is 6.92 Å². The molecule has 1 amide bonds. The molecule has 0 bridgehead atoms. The molecule has 0 unspecified atom stereocenters. The second-order valence-corrected chi connectivity index (χ2v) is 5.49. The first-order valence-corrected chi connectivity index (χ1v) is 8.13. The molecule has 1 aromatic heterocycles. The molecule has 0 atom stereocenters. The second-order valence-electron chi connectivity index (χ2n) is 5.49. The lowest BCUT2D eigenvalue weighted by Gasteiger charge is -2.13. The Bertz CT molecular complexity index is 1030. The Balaban J connectivity index is 2.24. The smallest absolute Gasteiger partial charge is 0.277 e. The molecule has 0 saturated heterocycles. The summed E-state index contributed by atoms with van der Waals surface area (Å²) in [6.45, 7) is 1.86. The van der Waals surface area contributed by atoms with Crippen molar-refractivity contribution in [1.82, 2.24) is 15.5 Å². The van der Waals surface area contributed by atoms with Gasteiger partial charge >= 0.3 is 0 Å². The van der Waals surface area contributed by atoms with Crippen LogP contribution in [0.5, 0.6) is 0 Å². The van der Waals surface area contributed by atoms with E-state index in [9.17, 15) is 9.59 Å². The zero-order valence-electron chi connectivity index (χ0n) is 14.2. The van der Waals surface area contributed by atoms with Crippen molar-refractivity contribution in [2.45, 2.75) is 6.92 Å². The molecule has 0 spiro atoms. The Morgan fingerprint density at radius 3 is 2.27 bits per heavy atom. The third-order valence-electron chi connectivity index (χ3n) is 3.83. The highest BCUT2D eigenvalue weighted by atomic mass is 16.2. The first-order chi connectivity index (χ1) is 12.7. The van der Waals surface area contributed by atoms with Crippen LogP contribution in [0.2, 0.25) is 0 Å². The number of amides is 1. The Hall–Kier alpha value is -3.65. The van der Waals surface area contributed by atoms with Crippen LogP contribution in [0.25, 0.3) is 22.4 Å². The van der Waals surface area contributed by atoms with Crippen molar-refractivity contribution in [3.05, 3.63) is 76.6 Å². The zero-order valence-corrected chi connectivity index (χ0v) is 14.2. The van der Waals surface area contributed by atoms with E-state index in [4.69, 9.17) is 0 Å². The van der Waals surface area contributed by atoms with Gasteiger partial charge in [-0.05, 0) is 12.5 Å². The Kier molecular flexibility index (Phi) is 5.25. The van der Waals surface area contributed by atoms with Gasteiger partial charge in [-0.1, -0.05) is 66.6 Å². The fourth-order valence-corrected chi connectivity index (χ4v) is 2.66. The number of carbonyl (C=O) groups is 1. The maximum atomic E-state index is 12.7. The first kappa shape index (κ1) is 17.2. The molecule has 3 aromatic rings. The number of rotatable bonds is 4. The number of H-pyrrole nitrogens is 1. The lowest BCUT2D eigenvalue weighted by atomic mass is 9.95. The van der Waals surface area contributed by atoms with Gasteiger partial charge in [0.2, 0.25) is 0 Å². The summed E-state index contributed by atoms with van der Waals surface area (Å²) in [4.78, 5) is 25.1. The highest BCUT2D eigenvalue weighted by Crippen LogP contribution is 2.31. The summed E-state index contributed by atoms with van der Waals surface area (Å²) in [6.07, 6.45) is 0. The maximum absolute atomic E-state index is 12.7. The van der Waals surface area contributed by atoms with Crippen LogP contribution in [0.1, 0.15) is 17.3 Å². The van der Waals surface area contributed by atoms with Crippen LogP contribution in [0.4, 0.5) is 0 Å². The van der Waals surface area contributed by atoms with Crippen LogP contribution in [0.3, 0.4) is 0 Å². The summed E-state index contributed by atoms with van der Waals surface area (Å²) in [5.74, 6) is 4.99. The second kappa shape index (κ2) is 7.95. The fraction of sp³-hybridized carbons (Fsp3) is 0.0952.